The third kappa shape index (κ3) is 5.52. The summed E-state index contributed by atoms with van der Waals surface area (Å²) in [4.78, 5) is 0. The lowest BCUT2D eigenvalue weighted by atomic mass is 10.1. The van der Waals surface area contributed by atoms with Gasteiger partial charge in [0.15, 0.2) is 17.9 Å². The van der Waals surface area contributed by atoms with Gasteiger partial charge in [0.05, 0.1) is 19.8 Å². The molecule has 3 nitrogen and oxygen atoms in total. The predicted octanol–water partition coefficient (Wildman–Crippen LogP) is 6.13. The van der Waals surface area contributed by atoms with Gasteiger partial charge in [-0.25, -0.2) is 8.78 Å². The van der Waals surface area contributed by atoms with Crippen molar-refractivity contribution in [3.63, 3.8) is 0 Å². The summed E-state index contributed by atoms with van der Waals surface area (Å²) >= 11 is 0. The molecule has 0 atom stereocenters. The number of unbranched alkanes of at least 4 members (excludes halogenated alkanes) is 1. The summed E-state index contributed by atoms with van der Waals surface area (Å²) < 4.78 is 58.9. The Kier molecular flexibility index (Phi) is 7.71. The lowest BCUT2D eigenvalue weighted by Crippen LogP contribution is -2.26. The van der Waals surface area contributed by atoms with Gasteiger partial charge in [-0.15, -0.1) is 6.58 Å². The SMILES string of the molecule is C=CCCCOc1ccc(C2OCC(/C=C/c3ccc(C)c(F)c3)CO2)c(F)c1F. The third-order valence-corrected chi connectivity index (χ3v) is 4.82. The van der Waals surface area contributed by atoms with Gasteiger partial charge in [-0.05, 0) is 49.1 Å². The van der Waals surface area contributed by atoms with E-state index in [1.165, 1.54) is 18.2 Å². The van der Waals surface area contributed by atoms with Crippen LogP contribution < -0.4 is 4.74 Å². The topological polar surface area (TPSA) is 27.7 Å². The minimum Gasteiger partial charge on any atom is -0.490 e. The fraction of sp³-hybridized carbons (Fsp3) is 0.333. The van der Waals surface area contributed by atoms with Crippen molar-refractivity contribution in [2.75, 3.05) is 19.8 Å². The molecule has 160 valence electrons. The van der Waals surface area contributed by atoms with Gasteiger partial charge in [-0.3, -0.25) is 0 Å². The quantitative estimate of drug-likeness (QED) is 0.381. The van der Waals surface area contributed by atoms with Gasteiger partial charge in [0, 0.05) is 11.5 Å². The second-order valence-corrected chi connectivity index (χ2v) is 7.19. The number of benzene rings is 2. The monoisotopic (exact) mass is 418 g/mol. The Balaban J connectivity index is 1.57. The predicted molar refractivity (Wildman–Crippen MR) is 110 cm³/mol. The fourth-order valence-electron chi connectivity index (χ4n) is 3.02. The number of ether oxygens (including phenoxy) is 3. The zero-order valence-electron chi connectivity index (χ0n) is 16.9. The molecule has 1 aliphatic rings. The first kappa shape index (κ1) is 22.1. The number of hydrogen-bond donors (Lipinski definition) is 0. The van der Waals surface area contributed by atoms with E-state index in [9.17, 15) is 13.2 Å². The van der Waals surface area contributed by atoms with E-state index in [2.05, 4.69) is 6.58 Å². The van der Waals surface area contributed by atoms with E-state index in [0.29, 0.717) is 12.0 Å². The maximum absolute atomic E-state index is 14.5. The summed E-state index contributed by atoms with van der Waals surface area (Å²) in [6.45, 7) is 6.13. The van der Waals surface area contributed by atoms with Crippen LogP contribution in [0.25, 0.3) is 6.08 Å². The molecule has 2 aromatic rings. The van der Waals surface area contributed by atoms with E-state index in [4.69, 9.17) is 14.2 Å². The molecule has 0 bridgehead atoms. The molecule has 30 heavy (non-hydrogen) atoms. The smallest absolute Gasteiger partial charge is 0.201 e. The van der Waals surface area contributed by atoms with Crippen molar-refractivity contribution in [3.05, 3.63) is 83.2 Å². The highest BCUT2D eigenvalue weighted by atomic mass is 19.2. The Bertz CT molecular complexity index is 903. The van der Waals surface area contributed by atoms with E-state index in [1.807, 2.05) is 12.1 Å². The van der Waals surface area contributed by atoms with Crippen LogP contribution in [0.4, 0.5) is 13.2 Å². The van der Waals surface area contributed by atoms with Crippen molar-refractivity contribution in [2.24, 2.45) is 5.92 Å². The van der Waals surface area contributed by atoms with Crippen LogP contribution in [-0.4, -0.2) is 19.8 Å². The number of hydrogen-bond acceptors (Lipinski definition) is 3. The molecule has 0 amide bonds. The van der Waals surface area contributed by atoms with Gasteiger partial charge in [-0.1, -0.05) is 30.4 Å². The van der Waals surface area contributed by atoms with Crippen molar-refractivity contribution in [1.82, 2.24) is 0 Å². The molecular formula is C24H25F3O3. The van der Waals surface area contributed by atoms with Crippen molar-refractivity contribution in [3.8, 4) is 5.75 Å². The van der Waals surface area contributed by atoms with E-state index < -0.39 is 17.9 Å². The van der Waals surface area contributed by atoms with E-state index >= 15 is 0 Å². The lowest BCUT2D eigenvalue weighted by molar-refractivity contribution is -0.198. The second-order valence-electron chi connectivity index (χ2n) is 7.19. The standard InChI is InChI=1S/C24H25F3O3/c1-3-4-5-12-28-21-11-10-19(22(26)23(21)27)24-29-14-18(15-30-24)9-8-17-7-6-16(2)20(25)13-17/h3,6-11,13,18,24H,1,4-5,12,14-15H2,2H3/b9-8+. The Morgan fingerprint density at radius 2 is 1.87 bits per heavy atom. The first-order chi connectivity index (χ1) is 14.5. The summed E-state index contributed by atoms with van der Waals surface area (Å²) in [7, 11) is 0. The molecule has 1 aliphatic heterocycles. The van der Waals surface area contributed by atoms with Crippen molar-refractivity contribution in [1.29, 1.82) is 0 Å². The molecule has 0 unspecified atom stereocenters. The zero-order chi connectivity index (χ0) is 21.5. The molecule has 1 heterocycles. The largest absolute Gasteiger partial charge is 0.490 e. The summed E-state index contributed by atoms with van der Waals surface area (Å²) in [6, 6.07) is 7.78. The molecule has 1 fully saturated rings. The molecule has 0 aliphatic carbocycles. The van der Waals surface area contributed by atoms with Gasteiger partial charge in [0.2, 0.25) is 5.82 Å². The second kappa shape index (κ2) is 10.5. The van der Waals surface area contributed by atoms with Crippen LogP contribution in [-0.2, 0) is 9.47 Å². The maximum atomic E-state index is 14.5. The summed E-state index contributed by atoms with van der Waals surface area (Å²) in [5, 5.41) is 0. The Labute approximate surface area is 174 Å². The van der Waals surface area contributed by atoms with Crippen LogP contribution >= 0.6 is 0 Å². The van der Waals surface area contributed by atoms with Crippen LogP contribution in [0.5, 0.6) is 5.75 Å². The van der Waals surface area contributed by atoms with E-state index in [1.54, 1.807) is 25.1 Å². The molecular weight excluding hydrogens is 393 g/mol. The highest BCUT2D eigenvalue weighted by molar-refractivity contribution is 5.50. The van der Waals surface area contributed by atoms with Crippen molar-refractivity contribution >= 4 is 6.08 Å². The third-order valence-electron chi connectivity index (χ3n) is 4.82. The maximum Gasteiger partial charge on any atom is 0.201 e. The Morgan fingerprint density at radius 1 is 1.10 bits per heavy atom. The van der Waals surface area contributed by atoms with Crippen LogP contribution in [0.15, 0.2) is 49.1 Å². The normalized spacial score (nSPS) is 19.2. The van der Waals surface area contributed by atoms with Crippen LogP contribution in [0.1, 0.15) is 35.8 Å². The molecule has 0 saturated carbocycles. The first-order valence-electron chi connectivity index (χ1n) is 9.88. The van der Waals surface area contributed by atoms with Gasteiger partial charge >= 0.3 is 0 Å². The molecule has 1 saturated heterocycles. The van der Waals surface area contributed by atoms with Gasteiger partial charge in [0.25, 0.3) is 0 Å². The Hall–Kier alpha value is -2.57. The molecule has 0 aromatic heterocycles. The molecule has 0 spiro atoms. The zero-order valence-corrected chi connectivity index (χ0v) is 16.9. The fourth-order valence-corrected chi connectivity index (χ4v) is 3.02. The minimum absolute atomic E-state index is 0.00558. The minimum atomic E-state index is -1.05. The van der Waals surface area contributed by atoms with Gasteiger partial charge in [-0.2, -0.15) is 4.39 Å². The van der Waals surface area contributed by atoms with E-state index in [0.717, 1.165) is 12.0 Å². The highest BCUT2D eigenvalue weighted by Crippen LogP contribution is 2.32. The van der Waals surface area contributed by atoms with Crippen molar-refractivity contribution in [2.45, 2.75) is 26.1 Å². The van der Waals surface area contributed by atoms with Crippen molar-refractivity contribution < 1.29 is 27.4 Å². The number of rotatable bonds is 8. The first-order valence-corrected chi connectivity index (χ1v) is 9.88. The molecule has 3 rings (SSSR count). The van der Waals surface area contributed by atoms with Crippen LogP contribution in [0.3, 0.4) is 0 Å². The number of allylic oxidation sites excluding steroid dienone is 1. The summed E-state index contributed by atoms with van der Waals surface area (Å²) in [6.07, 6.45) is 5.81. The van der Waals surface area contributed by atoms with E-state index in [-0.39, 0.29) is 42.9 Å². The van der Waals surface area contributed by atoms with Gasteiger partial charge < -0.3 is 14.2 Å². The average Bonchev–Trinajstić information content (AvgIpc) is 2.75. The molecule has 2 aromatic carbocycles. The van der Waals surface area contributed by atoms with Crippen LogP contribution in [0.2, 0.25) is 0 Å². The Morgan fingerprint density at radius 3 is 2.57 bits per heavy atom. The molecule has 0 radical (unpaired) electrons. The van der Waals surface area contributed by atoms with Crippen LogP contribution in [0, 0.1) is 30.3 Å². The molecule has 6 heteroatoms. The van der Waals surface area contributed by atoms with Gasteiger partial charge in [0.1, 0.15) is 5.82 Å². The number of halogens is 3. The highest BCUT2D eigenvalue weighted by Gasteiger charge is 2.27. The molecule has 0 N–H and O–H groups in total. The lowest BCUT2D eigenvalue weighted by Gasteiger charge is -2.28. The number of aryl methyl sites for hydroxylation is 1. The summed E-state index contributed by atoms with van der Waals surface area (Å²) in [5.41, 5.74) is 1.31. The average molecular weight is 418 g/mol. The summed E-state index contributed by atoms with van der Waals surface area (Å²) in [5.74, 6) is -2.57.